The number of amides is 2. The SMILES string of the molecule is O=C(O)CCC(NC(=O)NCCSCc1cccnc1[18F])C(=O)O. The summed E-state index contributed by atoms with van der Waals surface area (Å²) < 4.78 is 13.3. The lowest BCUT2D eigenvalue weighted by molar-refractivity contribution is -0.140. The number of carbonyl (C=O) groups is 3. The molecule has 0 aliphatic rings. The fourth-order valence-electron chi connectivity index (χ4n) is 1.68. The van der Waals surface area contributed by atoms with Gasteiger partial charge in [0.05, 0.1) is 0 Å². The van der Waals surface area contributed by atoms with Gasteiger partial charge in [-0.1, -0.05) is 6.07 Å². The van der Waals surface area contributed by atoms with E-state index in [-0.39, 0.29) is 19.4 Å². The molecule has 0 aliphatic heterocycles. The predicted molar refractivity (Wildman–Crippen MR) is 85.2 cm³/mol. The molecule has 2 amide bonds. The maximum Gasteiger partial charge on any atom is 0.326 e. The van der Waals surface area contributed by atoms with Crippen molar-refractivity contribution in [1.82, 2.24) is 15.6 Å². The molecule has 1 rings (SSSR count). The van der Waals surface area contributed by atoms with Gasteiger partial charge in [-0.15, -0.1) is 0 Å². The van der Waals surface area contributed by atoms with Crippen LogP contribution in [0.1, 0.15) is 18.4 Å². The number of nitrogens with one attached hydrogen (secondary N) is 2. The lowest BCUT2D eigenvalue weighted by Crippen LogP contribution is -2.46. The third kappa shape index (κ3) is 7.77. The molecule has 4 N–H and O–H groups in total. The largest absolute Gasteiger partial charge is 0.481 e. The Kier molecular flexibility index (Phi) is 8.55. The highest BCUT2D eigenvalue weighted by atomic mass is 32.2. The number of carboxylic acids is 2. The highest BCUT2D eigenvalue weighted by Gasteiger charge is 2.20. The van der Waals surface area contributed by atoms with Crippen LogP contribution in [0.5, 0.6) is 0 Å². The molecule has 0 bridgehead atoms. The van der Waals surface area contributed by atoms with Gasteiger partial charge in [-0.25, -0.2) is 14.6 Å². The van der Waals surface area contributed by atoms with Crippen LogP contribution in [0.15, 0.2) is 18.3 Å². The normalized spacial score (nSPS) is 11.5. The van der Waals surface area contributed by atoms with E-state index in [1.165, 1.54) is 18.0 Å². The highest BCUT2D eigenvalue weighted by Crippen LogP contribution is 2.13. The molecule has 10 heteroatoms. The summed E-state index contributed by atoms with van der Waals surface area (Å²) >= 11 is 1.39. The molecule has 0 spiro atoms. The molecule has 0 saturated carbocycles. The van der Waals surface area contributed by atoms with Crippen LogP contribution in [-0.2, 0) is 15.3 Å². The van der Waals surface area contributed by atoms with E-state index >= 15 is 0 Å². The molecule has 1 unspecified atom stereocenters. The van der Waals surface area contributed by atoms with Crippen molar-refractivity contribution in [2.75, 3.05) is 12.3 Å². The second kappa shape index (κ2) is 10.4. The van der Waals surface area contributed by atoms with Crippen molar-refractivity contribution in [2.45, 2.75) is 24.6 Å². The smallest absolute Gasteiger partial charge is 0.326 e. The number of aliphatic carboxylic acids is 2. The molecule has 0 aliphatic carbocycles. The first-order chi connectivity index (χ1) is 11.4. The van der Waals surface area contributed by atoms with Crippen molar-refractivity contribution < 1.29 is 29.0 Å². The highest BCUT2D eigenvalue weighted by molar-refractivity contribution is 7.98. The minimum absolute atomic E-state index is 0.201. The maximum atomic E-state index is 13.3. The van der Waals surface area contributed by atoms with Gasteiger partial charge in [-0.3, -0.25) is 4.79 Å². The Labute approximate surface area is 141 Å². The molecule has 0 radical (unpaired) electrons. The minimum atomic E-state index is -1.30. The molecule has 132 valence electrons. The summed E-state index contributed by atoms with van der Waals surface area (Å²) in [6, 6.07) is 1.29. The van der Waals surface area contributed by atoms with E-state index in [4.69, 9.17) is 10.2 Å². The Balaban J connectivity index is 2.24. The van der Waals surface area contributed by atoms with Crippen LogP contribution in [0.25, 0.3) is 0 Å². The molecule has 0 aromatic carbocycles. The molecule has 24 heavy (non-hydrogen) atoms. The van der Waals surface area contributed by atoms with Crippen LogP contribution in [-0.4, -0.2) is 51.5 Å². The topological polar surface area (TPSA) is 129 Å². The van der Waals surface area contributed by atoms with Gasteiger partial charge in [0, 0.05) is 36.2 Å². The van der Waals surface area contributed by atoms with Crippen LogP contribution in [0.2, 0.25) is 0 Å². The summed E-state index contributed by atoms with van der Waals surface area (Å²) in [6.07, 6.45) is 0.801. The van der Waals surface area contributed by atoms with E-state index in [1.54, 1.807) is 12.1 Å². The molecular formula is C14H18FN3O5S. The summed E-state index contributed by atoms with van der Waals surface area (Å²) in [6.45, 7) is 0.254. The van der Waals surface area contributed by atoms with Crippen molar-refractivity contribution >= 4 is 29.7 Å². The third-order valence-corrected chi connectivity index (χ3v) is 3.88. The Bertz CT molecular complexity index is 587. The van der Waals surface area contributed by atoms with E-state index in [0.717, 1.165) is 0 Å². The van der Waals surface area contributed by atoms with Crippen LogP contribution < -0.4 is 10.6 Å². The van der Waals surface area contributed by atoms with Crippen LogP contribution in [0.4, 0.5) is 9.18 Å². The van der Waals surface area contributed by atoms with Gasteiger partial charge in [-0.2, -0.15) is 16.2 Å². The molecule has 1 aromatic heterocycles. The molecular weight excluding hydrogens is 340 g/mol. The average molecular weight is 358 g/mol. The Hall–Kier alpha value is -2.36. The number of aromatic nitrogens is 1. The van der Waals surface area contributed by atoms with E-state index in [1.807, 2.05) is 0 Å². The molecule has 0 fully saturated rings. The number of hydrogen-bond donors (Lipinski definition) is 4. The average Bonchev–Trinajstić information content (AvgIpc) is 2.52. The number of urea groups is 1. The quantitative estimate of drug-likeness (QED) is 0.364. The Morgan fingerprint density at radius 3 is 2.71 bits per heavy atom. The summed E-state index contributed by atoms with van der Waals surface area (Å²) in [5, 5.41) is 22.1. The molecule has 1 aromatic rings. The summed E-state index contributed by atoms with van der Waals surface area (Å²) in [5.41, 5.74) is 0.464. The van der Waals surface area contributed by atoms with Gasteiger partial charge in [0.1, 0.15) is 6.04 Å². The van der Waals surface area contributed by atoms with Gasteiger partial charge >= 0.3 is 18.0 Å². The van der Waals surface area contributed by atoms with Crippen LogP contribution in [0.3, 0.4) is 0 Å². The number of halogens is 1. The summed E-state index contributed by atoms with van der Waals surface area (Å²) in [5.74, 6) is -2.07. The zero-order valence-corrected chi connectivity index (χ0v) is 13.5. The second-order valence-corrected chi connectivity index (χ2v) is 5.83. The van der Waals surface area contributed by atoms with E-state index in [9.17, 15) is 18.8 Å². The Morgan fingerprint density at radius 1 is 1.33 bits per heavy atom. The first-order valence-corrected chi connectivity index (χ1v) is 8.21. The third-order valence-electron chi connectivity index (χ3n) is 2.88. The standard InChI is InChI=1S/C14H18FN3O5S/c15-12-9(2-1-5-16-12)8-24-7-6-17-14(23)18-10(13(21)22)3-4-11(19)20/h1-2,5,10H,3-4,6-8H2,(H,19,20)(H,21,22)(H2,17,18,23)/i15-1. The van der Waals surface area contributed by atoms with Crippen molar-refractivity contribution in [1.29, 1.82) is 0 Å². The summed E-state index contributed by atoms with van der Waals surface area (Å²) in [4.78, 5) is 36.5. The van der Waals surface area contributed by atoms with Gasteiger partial charge in [0.2, 0.25) is 5.95 Å². The van der Waals surface area contributed by atoms with Gasteiger partial charge in [0.15, 0.2) is 0 Å². The van der Waals surface area contributed by atoms with Crippen molar-refractivity contribution in [2.24, 2.45) is 0 Å². The zero-order valence-electron chi connectivity index (χ0n) is 12.7. The van der Waals surface area contributed by atoms with Crippen LogP contribution in [0, 0.1) is 5.95 Å². The fourth-order valence-corrected chi connectivity index (χ4v) is 2.51. The minimum Gasteiger partial charge on any atom is -0.481 e. The predicted octanol–water partition coefficient (Wildman–Crippen LogP) is 1.07. The van der Waals surface area contributed by atoms with Gasteiger partial charge in [-0.05, 0) is 12.5 Å². The fraction of sp³-hybridized carbons (Fsp3) is 0.429. The van der Waals surface area contributed by atoms with Gasteiger partial charge < -0.3 is 20.8 Å². The number of nitrogens with zero attached hydrogens (tertiary/aromatic N) is 1. The first-order valence-electron chi connectivity index (χ1n) is 7.06. The zero-order chi connectivity index (χ0) is 17.9. The van der Waals surface area contributed by atoms with E-state index in [0.29, 0.717) is 17.1 Å². The van der Waals surface area contributed by atoms with Crippen molar-refractivity contribution in [3.8, 4) is 0 Å². The number of carboxylic acid groups (broad SMARTS) is 2. The lowest BCUT2D eigenvalue weighted by Gasteiger charge is -2.14. The summed E-state index contributed by atoms with van der Waals surface area (Å²) in [7, 11) is 0. The lowest BCUT2D eigenvalue weighted by atomic mass is 10.1. The monoisotopic (exact) mass is 358 g/mol. The number of thioether (sulfide) groups is 1. The maximum absolute atomic E-state index is 13.3. The van der Waals surface area contributed by atoms with E-state index < -0.39 is 30.0 Å². The Morgan fingerprint density at radius 2 is 2.08 bits per heavy atom. The number of carbonyl (C=O) groups excluding carboxylic acids is 1. The van der Waals surface area contributed by atoms with E-state index in [2.05, 4.69) is 15.6 Å². The number of hydrogen-bond acceptors (Lipinski definition) is 5. The molecule has 0 saturated heterocycles. The van der Waals surface area contributed by atoms with Crippen LogP contribution >= 0.6 is 11.8 Å². The van der Waals surface area contributed by atoms with Crippen molar-refractivity contribution in [3.63, 3.8) is 0 Å². The number of rotatable bonds is 10. The van der Waals surface area contributed by atoms with Gasteiger partial charge in [0.25, 0.3) is 0 Å². The second-order valence-electron chi connectivity index (χ2n) is 4.73. The molecule has 1 atom stereocenters. The van der Waals surface area contributed by atoms with Crippen molar-refractivity contribution in [3.05, 3.63) is 29.8 Å². The molecule has 1 heterocycles. The first kappa shape index (κ1) is 19.7. The molecule has 8 nitrogen and oxygen atoms in total. The number of pyridine rings is 1.